The van der Waals surface area contributed by atoms with Gasteiger partial charge in [-0.3, -0.25) is 9.78 Å². The highest BCUT2D eigenvalue weighted by molar-refractivity contribution is 7.90. The highest BCUT2D eigenvalue weighted by Crippen LogP contribution is 2.35. The maximum Gasteiger partial charge on any atom is 0.175 e. The molecule has 0 atom stereocenters. The van der Waals surface area contributed by atoms with Crippen LogP contribution in [0.3, 0.4) is 0 Å². The van der Waals surface area contributed by atoms with E-state index in [4.69, 9.17) is 0 Å². The lowest BCUT2D eigenvalue weighted by atomic mass is 10.1. The molecule has 0 fully saturated rings. The third kappa shape index (κ3) is 3.31. The minimum atomic E-state index is -3.33. The quantitative estimate of drug-likeness (QED) is 0.452. The zero-order valence-electron chi connectivity index (χ0n) is 16.7. The van der Waals surface area contributed by atoms with E-state index in [9.17, 15) is 13.2 Å². The van der Waals surface area contributed by atoms with E-state index >= 15 is 4.39 Å². The number of nitrogens with zero attached hydrogens (tertiary/aromatic N) is 2. The van der Waals surface area contributed by atoms with Crippen LogP contribution in [0.4, 0.5) is 4.39 Å². The summed E-state index contributed by atoms with van der Waals surface area (Å²) in [4.78, 5) is 15.6. The summed E-state index contributed by atoms with van der Waals surface area (Å²) in [5.74, 6) is -0.396. The van der Waals surface area contributed by atoms with Crippen molar-refractivity contribution in [2.45, 2.75) is 11.8 Å². The SMILES string of the molecule is Cc1nc(-c2ccc(C=O)cc2)cc2c1c(F)c(-c1ccc(S(C)(=O)=O)cc1)n2C. The molecule has 7 heteroatoms. The predicted molar refractivity (Wildman–Crippen MR) is 115 cm³/mol. The summed E-state index contributed by atoms with van der Waals surface area (Å²) in [5.41, 5.74) is 4.24. The molecular formula is C23H19FN2O3S. The standard InChI is InChI=1S/C23H19FN2O3S/c1-14-21-20(12-19(25-14)16-6-4-15(13-27)5-7-16)26(2)23(22(21)24)17-8-10-18(11-9-17)30(3,28)29/h4-13H,1-3H3. The Bertz CT molecular complexity index is 1390. The first-order valence-electron chi connectivity index (χ1n) is 9.22. The van der Waals surface area contributed by atoms with Crippen LogP contribution in [-0.2, 0) is 16.9 Å². The highest BCUT2D eigenvalue weighted by Gasteiger charge is 2.21. The van der Waals surface area contributed by atoms with Crippen molar-refractivity contribution in [1.29, 1.82) is 0 Å². The van der Waals surface area contributed by atoms with Crippen molar-refractivity contribution in [2.24, 2.45) is 7.05 Å². The maximum atomic E-state index is 15.4. The lowest BCUT2D eigenvalue weighted by Crippen LogP contribution is -1.97. The van der Waals surface area contributed by atoms with Gasteiger partial charge in [-0.2, -0.15) is 0 Å². The van der Waals surface area contributed by atoms with Crippen LogP contribution in [0.1, 0.15) is 16.1 Å². The average molecular weight is 422 g/mol. The zero-order chi connectivity index (χ0) is 21.6. The number of benzene rings is 2. The number of aromatic nitrogens is 2. The van der Waals surface area contributed by atoms with E-state index in [2.05, 4.69) is 4.98 Å². The largest absolute Gasteiger partial charge is 0.341 e. The summed E-state index contributed by atoms with van der Waals surface area (Å²) in [5, 5.41) is 0.424. The molecule has 4 rings (SSSR count). The molecule has 0 aliphatic carbocycles. The van der Waals surface area contributed by atoms with Crippen LogP contribution in [0, 0.1) is 12.7 Å². The van der Waals surface area contributed by atoms with Gasteiger partial charge in [-0.05, 0) is 25.1 Å². The monoisotopic (exact) mass is 422 g/mol. The van der Waals surface area contributed by atoms with Crippen LogP contribution in [0.2, 0.25) is 0 Å². The fourth-order valence-corrected chi connectivity index (χ4v) is 4.27. The van der Waals surface area contributed by atoms with E-state index in [1.165, 1.54) is 12.1 Å². The Morgan fingerprint density at radius 3 is 2.17 bits per heavy atom. The molecule has 0 saturated carbocycles. The summed E-state index contributed by atoms with van der Waals surface area (Å²) >= 11 is 0. The van der Waals surface area contributed by atoms with Crippen molar-refractivity contribution in [3.63, 3.8) is 0 Å². The molecular weight excluding hydrogens is 403 g/mol. The average Bonchev–Trinajstić information content (AvgIpc) is 2.98. The van der Waals surface area contributed by atoms with E-state index in [-0.39, 0.29) is 4.90 Å². The van der Waals surface area contributed by atoms with Gasteiger partial charge in [-0.1, -0.05) is 36.4 Å². The second kappa shape index (κ2) is 7.18. The molecule has 4 aromatic rings. The number of aldehydes is 1. The second-order valence-corrected chi connectivity index (χ2v) is 9.26. The molecule has 2 heterocycles. The summed E-state index contributed by atoms with van der Waals surface area (Å²) in [7, 11) is -1.56. The first-order chi connectivity index (χ1) is 14.2. The molecule has 0 aliphatic heterocycles. The molecule has 0 spiro atoms. The number of fused-ring (bicyclic) bond motifs is 1. The molecule has 2 aromatic carbocycles. The summed E-state index contributed by atoms with van der Waals surface area (Å²) < 4.78 is 40.5. The molecule has 5 nitrogen and oxygen atoms in total. The minimum Gasteiger partial charge on any atom is -0.341 e. The normalized spacial score (nSPS) is 11.7. The number of carbonyl (C=O) groups excluding carboxylic acids is 1. The van der Waals surface area contributed by atoms with Crippen LogP contribution >= 0.6 is 0 Å². The number of carbonyl (C=O) groups is 1. The van der Waals surface area contributed by atoms with Gasteiger partial charge in [0, 0.05) is 30.0 Å². The van der Waals surface area contributed by atoms with Crippen molar-refractivity contribution >= 4 is 27.0 Å². The van der Waals surface area contributed by atoms with Crippen LogP contribution < -0.4 is 0 Å². The van der Waals surface area contributed by atoms with Gasteiger partial charge >= 0.3 is 0 Å². The molecule has 2 aromatic heterocycles. The third-order valence-corrected chi connectivity index (χ3v) is 6.33. The van der Waals surface area contributed by atoms with Crippen LogP contribution in [0.5, 0.6) is 0 Å². The maximum absolute atomic E-state index is 15.4. The number of sulfone groups is 1. The zero-order valence-corrected chi connectivity index (χ0v) is 17.5. The van der Waals surface area contributed by atoms with Crippen molar-refractivity contribution in [2.75, 3.05) is 6.26 Å². The summed E-state index contributed by atoms with van der Waals surface area (Å²) in [6.07, 6.45) is 1.91. The fraction of sp³-hybridized carbons (Fsp3) is 0.130. The Balaban J connectivity index is 1.89. The number of pyridine rings is 1. The third-order valence-electron chi connectivity index (χ3n) is 5.20. The fourth-order valence-electron chi connectivity index (χ4n) is 3.64. The van der Waals surface area contributed by atoms with E-state index in [1.807, 2.05) is 18.2 Å². The molecule has 0 N–H and O–H groups in total. The van der Waals surface area contributed by atoms with E-state index in [1.54, 1.807) is 42.8 Å². The van der Waals surface area contributed by atoms with E-state index in [0.29, 0.717) is 39.1 Å². The lowest BCUT2D eigenvalue weighted by Gasteiger charge is -2.07. The van der Waals surface area contributed by atoms with Gasteiger partial charge in [0.05, 0.1) is 32.9 Å². The summed E-state index contributed by atoms with van der Waals surface area (Å²) in [6.45, 7) is 1.76. The first kappa shape index (κ1) is 20.0. The van der Waals surface area contributed by atoms with E-state index < -0.39 is 15.7 Å². The molecule has 0 unspecified atom stereocenters. The van der Waals surface area contributed by atoms with Crippen molar-refractivity contribution in [3.05, 3.63) is 71.7 Å². The van der Waals surface area contributed by atoms with Crippen LogP contribution in [0.25, 0.3) is 33.4 Å². The van der Waals surface area contributed by atoms with Gasteiger partial charge < -0.3 is 4.57 Å². The van der Waals surface area contributed by atoms with Gasteiger partial charge in [0.2, 0.25) is 0 Å². The Morgan fingerprint density at radius 1 is 1.00 bits per heavy atom. The Morgan fingerprint density at radius 2 is 1.60 bits per heavy atom. The summed E-state index contributed by atoms with van der Waals surface area (Å²) in [6, 6.07) is 15.0. The van der Waals surface area contributed by atoms with Gasteiger partial charge in [0.15, 0.2) is 15.7 Å². The first-order valence-corrected chi connectivity index (χ1v) is 11.1. The van der Waals surface area contributed by atoms with E-state index in [0.717, 1.165) is 18.1 Å². The molecule has 0 amide bonds. The number of halogens is 1. The topological polar surface area (TPSA) is 69.0 Å². The van der Waals surface area contributed by atoms with Gasteiger partial charge in [-0.25, -0.2) is 12.8 Å². The molecule has 0 saturated heterocycles. The highest BCUT2D eigenvalue weighted by atomic mass is 32.2. The molecule has 0 radical (unpaired) electrons. The van der Waals surface area contributed by atoms with Crippen LogP contribution in [-0.4, -0.2) is 30.5 Å². The number of hydrogen-bond donors (Lipinski definition) is 0. The predicted octanol–water partition coefficient (Wildman–Crippen LogP) is 4.57. The van der Waals surface area contributed by atoms with Crippen molar-refractivity contribution in [1.82, 2.24) is 9.55 Å². The Hall–Kier alpha value is -3.32. The van der Waals surface area contributed by atoms with Gasteiger partial charge in [0.1, 0.15) is 6.29 Å². The Kier molecular flexibility index (Phi) is 4.78. The van der Waals surface area contributed by atoms with Crippen molar-refractivity contribution < 1.29 is 17.6 Å². The minimum absolute atomic E-state index is 0.185. The smallest absolute Gasteiger partial charge is 0.175 e. The molecule has 152 valence electrons. The van der Waals surface area contributed by atoms with Gasteiger partial charge in [0.25, 0.3) is 0 Å². The second-order valence-electron chi connectivity index (χ2n) is 7.25. The molecule has 0 bridgehead atoms. The molecule has 0 aliphatic rings. The number of rotatable bonds is 4. The van der Waals surface area contributed by atoms with Crippen molar-refractivity contribution in [3.8, 4) is 22.5 Å². The number of hydrogen-bond acceptors (Lipinski definition) is 4. The lowest BCUT2D eigenvalue weighted by molar-refractivity contribution is 0.112. The Labute approximate surface area is 173 Å². The van der Waals surface area contributed by atoms with Gasteiger partial charge in [-0.15, -0.1) is 0 Å². The molecule has 30 heavy (non-hydrogen) atoms. The van der Waals surface area contributed by atoms with Crippen LogP contribution in [0.15, 0.2) is 59.5 Å². The number of aryl methyl sites for hydroxylation is 2.